The van der Waals surface area contributed by atoms with E-state index in [0.717, 1.165) is 0 Å². The molecule has 0 bridgehead atoms. The molecule has 2 amide bonds. The number of amides is 2. The number of aliphatic hydroxyl groups is 1. The lowest BCUT2D eigenvalue weighted by Crippen LogP contribution is -2.45. The molecule has 9 heavy (non-hydrogen) atoms. The minimum Gasteiger partial charge on any atom is -0.370 e. The fraction of sp³-hybridized carbons (Fsp3) is 0.400. The van der Waals surface area contributed by atoms with Gasteiger partial charge in [0.2, 0.25) is 0 Å². The lowest BCUT2D eigenvalue weighted by molar-refractivity contribution is 0.165. The molecule has 4 nitrogen and oxygen atoms in total. The molecule has 1 aliphatic heterocycles. The van der Waals surface area contributed by atoms with Crippen molar-refractivity contribution in [3.63, 3.8) is 0 Å². The van der Waals surface area contributed by atoms with E-state index >= 15 is 0 Å². The highest BCUT2D eigenvalue weighted by Crippen LogP contribution is 1.98. The van der Waals surface area contributed by atoms with Crippen molar-refractivity contribution < 1.29 is 9.90 Å². The Morgan fingerprint density at radius 2 is 2.44 bits per heavy atom. The highest BCUT2D eigenvalue weighted by molar-refractivity contribution is 5.76. The van der Waals surface area contributed by atoms with Crippen LogP contribution in [0.3, 0.4) is 0 Å². The molecule has 0 saturated heterocycles. The van der Waals surface area contributed by atoms with Gasteiger partial charge in [0.15, 0.2) is 6.23 Å². The van der Waals surface area contributed by atoms with Crippen molar-refractivity contribution in [3.05, 3.63) is 11.8 Å². The Balaban J connectivity index is 2.67. The lowest BCUT2D eigenvalue weighted by Gasteiger charge is -2.17. The number of carbonyl (C=O) groups excluding carboxylic acids is 1. The minimum atomic E-state index is -0.821. The molecule has 0 aromatic carbocycles. The van der Waals surface area contributed by atoms with Crippen LogP contribution in [0.5, 0.6) is 0 Å². The third-order valence-electron chi connectivity index (χ3n) is 1.13. The summed E-state index contributed by atoms with van der Waals surface area (Å²) in [6.07, 6.45) is 0.655. The Kier molecular flexibility index (Phi) is 1.40. The highest BCUT2D eigenvalue weighted by atomic mass is 16.3. The first-order chi connectivity index (χ1) is 4.20. The predicted molar refractivity (Wildman–Crippen MR) is 31.4 cm³/mol. The van der Waals surface area contributed by atoms with Gasteiger partial charge in [-0.15, -0.1) is 0 Å². The molecule has 0 aliphatic carbocycles. The van der Waals surface area contributed by atoms with E-state index in [1.807, 2.05) is 0 Å². The van der Waals surface area contributed by atoms with Gasteiger partial charge in [-0.25, -0.2) is 4.79 Å². The summed E-state index contributed by atoms with van der Waals surface area (Å²) in [5.74, 6) is 0. The number of aliphatic hydroxyl groups excluding tert-OH is 1. The SMILES string of the molecule is CC1=CNC(=O)NC1O. The van der Waals surface area contributed by atoms with Crippen LogP contribution in [-0.2, 0) is 0 Å². The minimum absolute atomic E-state index is 0.367. The average molecular weight is 128 g/mol. The molecular formula is C5H8N2O2. The first-order valence-electron chi connectivity index (χ1n) is 2.62. The predicted octanol–water partition coefficient (Wildman–Crippen LogP) is -0.479. The molecule has 1 atom stereocenters. The molecule has 1 unspecified atom stereocenters. The van der Waals surface area contributed by atoms with Crippen LogP contribution in [0.1, 0.15) is 6.92 Å². The van der Waals surface area contributed by atoms with Gasteiger partial charge in [-0.1, -0.05) is 0 Å². The van der Waals surface area contributed by atoms with Crippen LogP contribution in [0.2, 0.25) is 0 Å². The summed E-state index contributed by atoms with van der Waals surface area (Å²) < 4.78 is 0. The van der Waals surface area contributed by atoms with Crippen LogP contribution in [0.25, 0.3) is 0 Å². The summed E-state index contributed by atoms with van der Waals surface area (Å²) in [7, 11) is 0. The second kappa shape index (κ2) is 2.06. The van der Waals surface area contributed by atoms with Crippen LogP contribution in [0.4, 0.5) is 4.79 Å². The summed E-state index contributed by atoms with van der Waals surface area (Å²) in [5, 5.41) is 13.6. The van der Waals surface area contributed by atoms with Gasteiger partial charge in [0.05, 0.1) is 0 Å². The van der Waals surface area contributed by atoms with Crippen LogP contribution in [0.15, 0.2) is 11.8 Å². The third kappa shape index (κ3) is 1.20. The van der Waals surface area contributed by atoms with E-state index in [1.165, 1.54) is 6.20 Å². The van der Waals surface area contributed by atoms with Crippen molar-refractivity contribution in [2.75, 3.05) is 0 Å². The van der Waals surface area contributed by atoms with Gasteiger partial charge in [0.1, 0.15) is 0 Å². The second-order valence-corrected chi connectivity index (χ2v) is 1.91. The molecule has 0 aromatic heterocycles. The first-order valence-corrected chi connectivity index (χ1v) is 2.62. The molecule has 3 N–H and O–H groups in total. The maximum absolute atomic E-state index is 10.4. The van der Waals surface area contributed by atoms with E-state index in [0.29, 0.717) is 5.57 Å². The largest absolute Gasteiger partial charge is 0.370 e. The van der Waals surface area contributed by atoms with E-state index < -0.39 is 6.23 Å². The molecule has 0 aromatic rings. The normalized spacial score (nSPS) is 26.2. The second-order valence-electron chi connectivity index (χ2n) is 1.91. The molecule has 0 spiro atoms. The Hall–Kier alpha value is -1.03. The number of rotatable bonds is 0. The van der Waals surface area contributed by atoms with Crippen molar-refractivity contribution in [2.24, 2.45) is 0 Å². The van der Waals surface area contributed by atoms with Crippen LogP contribution < -0.4 is 10.6 Å². The van der Waals surface area contributed by atoms with Crippen LogP contribution in [-0.4, -0.2) is 17.4 Å². The summed E-state index contributed by atoms with van der Waals surface area (Å²) in [6.45, 7) is 1.72. The van der Waals surface area contributed by atoms with Gasteiger partial charge < -0.3 is 15.7 Å². The molecule has 0 saturated carbocycles. The number of hydrogen-bond donors (Lipinski definition) is 3. The van der Waals surface area contributed by atoms with Gasteiger partial charge in [0.25, 0.3) is 0 Å². The number of urea groups is 1. The van der Waals surface area contributed by atoms with Gasteiger partial charge in [-0.3, -0.25) is 0 Å². The lowest BCUT2D eigenvalue weighted by atomic mass is 10.3. The van der Waals surface area contributed by atoms with Crippen molar-refractivity contribution in [1.82, 2.24) is 10.6 Å². The smallest absolute Gasteiger partial charge is 0.321 e. The number of nitrogens with one attached hydrogen (secondary N) is 2. The quantitative estimate of drug-likeness (QED) is 0.412. The maximum Gasteiger partial charge on any atom is 0.321 e. The third-order valence-corrected chi connectivity index (χ3v) is 1.13. The van der Waals surface area contributed by atoms with Crippen LogP contribution >= 0.6 is 0 Å². The topological polar surface area (TPSA) is 61.4 Å². The first kappa shape index (κ1) is 6.10. The van der Waals surface area contributed by atoms with E-state index in [4.69, 9.17) is 5.11 Å². The summed E-state index contributed by atoms with van der Waals surface area (Å²) in [6, 6.07) is -0.367. The Morgan fingerprint density at radius 3 is 2.89 bits per heavy atom. The summed E-state index contributed by atoms with van der Waals surface area (Å²) >= 11 is 0. The average Bonchev–Trinajstić information content (AvgIpc) is 1.80. The Morgan fingerprint density at radius 1 is 1.78 bits per heavy atom. The molecule has 1 aliphatic rings. The standard InChI is InChI=1S/C5H8N2O2/c1-3-2-6-5(9)7-4(3)8/h2,4,8H,1H3,(H2,6,7,9). The van der Waals surface area contributed by atoms with Gasteiger partial charge in [-0.05, 0) is 12.5 Å². The van der Waals surface area contributed by atoms with E-state index in [9.17, 15) is 4.79 Å². The Labute approximate surface area is 52.6 Å². The van der Waals surface area contributed by atoms with E-state index in [1.54, 1.807) is 6.92 Å². The summed E-state index contributed by atoms with van der Waals surface area (Å²) in [5.41, 5.74) is 0.703. The zero-order valence-corrected chi connectivity index (χ0v) is 5.01. The molecule has 0 radical (unpaired) electrons. The summed E-state index contributed by atoms with van der Waals surface area (Å²) in [4.78, 5) is 10.4. The molecular weight excluding hydrogens is 120 g/mol. The monoisotopic (exact) mass is 128 g/mol. The fourth-order valence-corrected chi connectivity index (χ4v) is 0.538. The van der Waals surface area contributed by atoms with Gasteiger partial charge >= 0.3 is 6.03 Å². The van der Waals surface area contributed by atoms with Gasteiger partial charge in [-0.2, -0.15) is 0 Å². The van der Waals surface area contributed by atoms with Crippen molar-refractivity contribution >= 4 is 6.03 Å². The van der Waals surface area contributed by atoms with Gasteiger partial charge in [0, 0.05) is 6.20 Å². The number of hydrogen-bond acceptors (Lipinski definition) is 2. The zero-order valence-electron chi connectivity index (χ0n) is 5.01. The van der Waals surface area contributed by atoms with Crippen molar-refractivity contribution in [1.29, 1.82) is 0 Å². The molecule has 1 rings (SSSR count). The van der Waals surface area contributed by atoms with Crippen molar-refractivity contribution in [3.8, 4) is 0 Å². The highest BCUT2D eigenvalue weighted by Gasteiger charge is 2.13. The maximum atomic E-state index is 10.4. The molecule has 1 heterocycles. The Bertz CT molecular complexity index is 164. The van der Waals surface area contributed by atoms with E-state index in [-0.39, 0.29) is 6.03 Å². The molecule has 50 valence electrons. The number of carbonyl (C=O) groups is 1. The fourth-order valence-electron chi connectivity index (χ4n) is 0.538. The van der Waals surface area contributed by atoms with Crippen LogP contribution in [0, 0.1) is 0 Å². The van der Waals surface area contributed by atoms with E-state index in [2.05, 4.69) is 10.6 Å². The zero-order chi connectivity index (χ0) is 6.85. The van der Waals surface area contributed by atoms with Crippen molar-refractivity contribution in [2.45, 2.75) is 13.2 Å². The molecule has 4 heteroatoms. The molecule has 0 fully saturated rings.